The highest BCUT2D eigenvalue weighted by Gasteiger charge is 2.31. The molecule has 0 atom stereocenters. The number of hydrogen-bond acceptors (Lipinski definition) is 6. The summed E-state index contributed by atoms with van der Waals surface area (Å²) in [5, 5.41) is 16.4. The molecule has 0 fully saturated rings. The average molecular weight is 420 g/mol. The lowest BCUT2D eigenvalue weighted by Gasteiger charge is -2.09. The Kier molecular flexibility index (Phi) is 4.74. The van der Waals surface area contributed by atoms with Gasteiger partial charge in [-0.1, -0.05) is 28.7 Å². The number of aryl methyl sites for hydroxylation is 2. The summed E-state index contributed by atoms with van der Waals surface area (Å²) in [5.41, 5.74) is 8.61. The predicted molar refractivity (Wildman–Crippen MR) is 102 cm³/mol. The summed E-state index contributed by atoms with van der Waals surface area (Å²) >= 11 is 1.08. The van der Waals surface area contributed by atoms with Gasteiger partial charge in [0.2, 0.25) is 0 Å². The Morgan fingerprint density at radius 2 is 1.97 bits per heavy atom. The van der Waals surface area contributed by atoms with Crippen molar-refractivity contribution in [1.29, 1.82) is 5.41 Å². The maximum Gasteiger partial charge on any atom is 0.573 e. The van der Waals surface area contributed by atoms with Crippen molar-refractivity contribution in [2.24, 2.45) is 0 Å². The molecule has 0 aliphatic carbocycles. The standard InChI is InChI=1S/C18H15F3N6OS/c19-18(20,21)28-13-4-5-15-16(9-13)29-17(23)27(15)7-6-26-10-14(24-25-26)11-2-1-3-12(22)8-11/h1-5,8-10,23H,6-7,22H2. The summed E-state index contributed by atoms with van der Waals surface area (Å²) in [6.07, 6.45) is -2.97. The van der Waals surface area contributed by atoms with E-state index in [1.807, 2.05) is 12.1 Å². The summed E-state index contributed by atoms with van der Waals surface area (Å²) in [5.74, 6) is -0.304. The molecule has 150 valence electrons. The molecule has 0 spiro atoms. The van der Waals surface area contributed by atoms with Crippen molar-refractivity contribution >= 4 is 27.2 Å². The molecule has 29 heavy (non-hydrogen) atoms. The van der Waals surface area contributed by atoms with Gasteiger partial charge in [0.05, 0.1) is 23.0 Å². The fourth-order valence-electron chi connectivity index (χ4n) is 2.93. The molecule has 0 saturated heterocycles. The number of nitrogens with one attached hydrogen (secondary N) is 1. The monoisotopic (exact) mass is 420 g/mol. The Bertz CT molecular complexity index is 1230. The van der Waals surface area contributed by atoms with Crippen molar-refractivity contribution in [3.8, 4) is 17.0 Å². The van der Waals surface area contributed by atoms with Crippen molar-refractivity contribution in [3.63, 3.8) is 0 Å². The number of alkyl halides is 3. The second-order valence-electron chi connectivity index (χ2n) is 6.23. The van der Waals surface area contributed by atoms with Gasteiger partial charge in [0.15, 0.2) is 4.80 Å². The molecule has 0 aliphatic rings. The zero-order chi connectivity index (χ0) is 20.6. The Morgan fingerprint density at radius 3 is 2.72 bits per heavy atom. The van der Waals surface area contributed by atoms with Crippen molar-refractivity contribution < 1.29 is 17.9 Å². The predicted octanol–water partition coefficient (Wildman–Crippen LogP) is 3.62. The first-order chi connectivity index (χ1) is 13.8. The summed E-state index contributed by atoms with van der Waals surface area (Å²) < 4.78 is 45.0. The van der Waals surface area contributed by atoms with E-state index in [9.17, 15) is 13.2 Å². The quantitative estimate of drug-likeness (QED) is 0.482. The molecule has 0 saturated carbocycles. The van der Waals surface area contributed by atoms with Gasteiger partial charge in [0.1, 0.15) is 11.4 Å². The number of hydrogen-bond donors (Lipinski definition) is 2. The van der Waals surface area contributed by atoms with Gasteiger partial charge in [-0.2, -0.15) is 0 Å². The fourth-order valence-corrected chi connectivity index (χ4v) is 3.89. The van der Waals surface area contributed by atoms with E-state index in [1.165, 1.54) is 18.2 Å². The molecule has 0 bridgehead atoms. The summed E-state index contributed by atoms with van der Waals surface area (Å²) in [6, 6.07) is 11.4. The lowest BCUT2D eigenvalue weighted by Crippen LogP contribution is -2.17. The van der Waals surface area contributed by atoms with Gasteiger partial charge in [-0.3, -0.25) is 10.1 Å². The minimum atomic E-state index is -4.75. The molecule has 2 heterocycles. The van der Waals surface area contributed by atoms with Gasteiger partial charge >= 0.3 is 6.36 Å². The van der Waals surface area contributed by atoms with Crippen LogP contribution in [0.4, 0.5) is 18.9 Å². The lowest BCUT2D eigenvalue weighted by molar-refractivity contribution is -0.274. The van der Waals surface area contributed by atoms with E-state index in [0.29, 0.717) is 34.7 Å². The maximum absolute atomic E-state index is 12.4. The largest absolute Gasteiger partial charge is 0.573 e. The van der Waals surface area contributed by atoms with Crippen LogP contribution in [-0.2, 0) is 13.1 Å². The first-order valence-electron chi connectivity index (χ1n) is 8.48. The second-order valence-corrected chi connectivity index (χ2v) is 7.26. The van der Waals surface area contributed by atoms with Crippen molar-refractivity contribution in [2.75, 3.05) is 5.73 Å². The second kappa shape index (κ2) is 7.24. The molecule has 2 aromatic carbocycles. The Hall–Kier alpha value is -3.34. The number of anilines is 1. The molecular formula is C18H15F3N6OS. The molecule has 2 aromatic heterocycles. The molecule has 11 heteroatoms. The van der Waals surface area contributed by atoms with E-state index in [2.05, 4.69) is 15.0 Å². The van der Waals surface area contributed by atoms with Crippen LogP contribution in [0.3, 0.4) is 0 Å². The number of benzene rings is 2. The average Bonchev–Trinajstić information content (AvgIpc) is 3.22. The summed E-state index contributed by atoms with van der Waals surface area (Å²) in [6.45, 7) is 0.858. The number of rotatable bonds is 5. The molecule has 7 nitrogen and oxygen atoms in total. The van der Waals surface area contributed by atoms with Crippen LogP contribution in [0.2, 0.25) is 0 Å². The molecule has 0 amide bonds. The highest BCUT2D eigenvalue weighted by molar-refractivity contribution is 7.16. The smallest absolute Gasteiger partial charge is 0.406 e. The molecule has 0 unspecified atom stereocenters. The lowest BCUT2D eigenvalue weighted by atomic mass is 10.1. The van der Waals surface area contributed by atoms with E-state index >= 15 is 0 Å². The Morgan fingerprint density at radius 1 is 1.14 bits per heavy atom. The normalized spacial score (nSPS) is 11.8. The first kappa shape index (κ1) is 19.0. The van der Waals surface area contributed by atoms with Crippen LogP contribution in [0.5, 0.6) is 5.75 Å². The third kappa shape index (κ3) is 4.24. The number of halogens is 3. The maximum atomic E-state index is 12.4. The highest BCUT2D eigenvalue weighted by Crippen LogP contribution is 2.28. The number of aromatic nitrogens is 4. The first-order valence-corrected chi connectivity index (χ1v) is 9.30. The van der Waals surface area contributed by atoms with Crippen molar-refractivity contribution in [1.82, 2.24) is 19.6 Å². The van der Waals surface area contributed by atoms with Crippen LogP contribution in [0.1, 0.15) is 0 Å². The Labute approximate surface area is 166 Å². The van der Waals surface area contributed by atoms with Crippen molar-refractivity contribution in [3.05, 3.63) is 53.5 Å². The van der Waals surface area contributed by atoms with Crippen molar-refractivity contribution in [2.45, 2.75) is 19.5 Å². The molecule has 4 rings (SSSR count). The Balaban J connectivity index is 1.53. The third-order valence-electron chi connectivity index (χ3n) is 4.18. The minimum absolute atomic E-state index is 0.223. The molecule has 4 aromatic rings. The van der Waals surface area contributed by atoms with Gasteiger partial charge in [-0.05, 0) is 30.3 Å². The summed E-state index contributed by atoms with van der Waals surface area (Å²) in [7, 11) is 0. The highest BCUT2D eigenvalue weighted by atomic mass is 32.1. The SMILES string of the molecule is N=c1sc2cc(OC(F)(F)F)ccc2n1CCn1cc(-c2cccc(N)c2)nn1. The third-order valence-corrected chi connectivity index (χ3v) is 5.14. The van der Waals surface area contributed by atoms with E-state index in [-0.39, 0.29) is 10.6 Å². The molecule has 3 N–H and O–H groups in total. The van der Waals surface area contributed by atoms with Crippen LogP contribution >= 0.6 is 11.3 Å². The number of nitrogen functional groups attached to an aromatic ring is 1. The van der Waals surface area contributed by atoms with Crippen LogP contribution in [-0.4, -0.2) is 25.9 Å². The molecule has 0 aliphatic heterocycles. The number of thiazole rings is 1. The fraction of sp³-hybridized carbons (Fsp3) is 0.167. The van der Waals surface area contributed by atoms with Crippen LogP contribution in [0.15, 0.2) is 48.7 Å². The van der Waals surface area contributed by atoms with E-state index in [0.717, 1.165) is 16.9 Å². The number of nitrogens with two attached hydrogens (primary N) is 1. The zero-order valence-corrected chi connectivity index (χ0v) is 15.7. The zero-order valence-electron chi connectivity index (χ0n) is 14.8. The number of ether oxygens (including phenoxy) is 1. The number of fused-ring (bicyclic) bond motifs is 1. The minimum Gasteiger partial charge on any atom is -0.406 e. The van der Waals surface area contributed by atoms with E-state index in [1.54, 1.807) is 27.6 Å². The van der Waals surface area contributed by atoms with Crippen LogP contribution in [0, 0.1) is 5.41 Å². The van der Waals surface area contributed by atoms with Gasteiger partial charge in [0, 0.05) is 17.8 Å². The van der Waals surface area contributed by atoms with E-state index < -0.39 is 6.36 Å². The molecule has 0 radical (unpaired) electrons. The van der Waals surface area contributed by atoms with Crippen LogP contribution < -0.4 is 15.3 Å². The van der Waals surface area contributed by atoms with Crippen LogP contribution in [0.25, 0.3) is 21.5 Å². The van der Waals surface area contributed by atoms with Gasteiger partial charge in [-0.25, -0.2) is 0 Å². The van der Waals surface area contributed by atoms with E-state index in [4.69, 9.17) is 11.1 Å². The van der Waals surface area contributed by atoms with Gasteiger partial charge in [-0.15, -0.1) is 18.3 Å². The molecular weight excluding hydrogens is 405 g/mol. The van der Waals surface area contributed by atoms with Gasteiger partial charge < -0.3 is 15.0 Å². The van der Waals surface area contributed by atoms with Gasteiger partial charge in [0.25, 0.3) is 0 Å². The summed E-state index contributed by atoms with van der Waals surface area (Å²) in [4.78, 5) is 0.223. The number of nitrogens with zero attached hydrogens (tertiary/aromatic N) is 4. The topological polar surface area (TPSA) is 94.7 Å².